The zero-order chi connectivity index (χ0) is 8.55. The second-order valence-electron chi connectivity index (χ2n) is 2.43. The quantitative estimate of drug-likeness (QED) is 0.583. The first-order valence-electron chi connectivity index (χ1n) is 3.42. The van der Waals surface area contributed by atoms with Crippen molar-refractivity contribution in [2.45, 2.75) is 6.42 Å². The van der Waals surface area contributed by atoms with E-state index in [4.69, 9.17) is 5.73 Å². The number of nitrogens with zero attached hydrogens (tertiary/aromatic N) is 3. The molecule has 12 heavy (non-hydrogen) atoms. The molecule has 2 heterocycles. The number of nitrogens with two attached hydrogens (primary N) is 1. The molecule has 0 saturated heterocycles. The number of H-pyrrole nitrogens is 1. The molecule has 0 aromatic carbocycles. The van der Waals surface area contributed by atoms with Crippen LogP contribution in [0, 0.1) is 0 Å². The molecule has 0 fully saturated rings. The van der Waals surface area contributed by atoms with E-state index in [1.807, 2.05) is 0 Å². The maximum Gasteiger partial charge on any atom is 0.255 e. The maximum atomic E-state index is 11.2. The number of aromatic amines is 1. The van der Waals surface area contributed by atoms with Crippen molar-refractivity contribution >= 4 is 17.4 Å². The Morgan fingerprint density at radius 2 is 2.50 bits per heavy atom. The van der Waals surface area contributed by atoms with Gasteiger partial charge in [0.1, 0.15) is 11.5 Å². The topological polar surface area (TPSA) is 87.4 Å². The van der Waals surface area contributed by atoms with Crippen LogP contribution < -0.4 is 10.7 Å². The van der Waals surface area contributed by atoms with Crippen molar-refractivity contribution in [1.29, 1.82) is 0 Å². The first kappa shape index (κ1) is 6.84. The first-order valence-corrected chi connectivity index (χ1v) is 3.42. The van der Waals surface area contributed by atoms with Crippen molar-refractivity contribution in [3.63, 3.8) is 0 Å². The molecule has 0 bridgehead atoms. The Kier molecular flexibility index (Phi) is 1.33. The fourth-order valence-electron chi connectivity index (χ4n) is 1.01. The molecule has 1 aliphatic heterocycles. The molecule has 0 unspecified atom stereocenters. The highest BCUT2D eigenvalue weighted by atomic mass is 16.2. The number of amides is 1. The smallest absolute Gasteiger partial charge is 0.255 e. The molecule has 1 aromatic rings. The van der Waals surface area contributed by atoms with Gasteiger partial charge in [0.25, 0.3) is 5.91 Å². The number of aromatic nitrogens is 2. The monoisotopic (exact) mass is 165 g/mol. The van der Waals surface area contributed by atoms with Gasteiger partial charge in [-0.15, -0.1) is 0 Å². The highest BCUT2D eigenvalue weighted by Crippen LogP contribution is 2.16. The predicted octanol–water partition coefficient (Wildman–Crippen LogP) is -0.581. The number of hydrogen-bond donors (Lipinski definition) is 2. The second kappa shape index (κ2) is 2.33. The van der Waals surface area contributed by atoms with E-state index < -0.39 is 0 Å². The van der Waals surface area contributed by atoms with E-state index in [-0.39, 0.29) is 12.3 Å². The summed E-state index contributed by atoms with van der Waals surface area (Å²) in [7, 11) is 0. The van der Waals surface area contributed by atoms with Crippen molar-refractivity contribution in [2.75, 3.05) is 5.01 Å². The maximum absolute atomic E-state index is 11.2. The van der Waals surface area contributed by atoms with Gasteiger partial charge < -0.3 is 5.73 Å². The number of carbonyl (C=O) groups excluding carboxylic acids is 1. The molecule has 0 aliphatic carbocycles. The van der Waals surface area contributed by atoms with Gasteiger partial charge in [-0.1, -0.05) is 0 Å². The summed E-state index contributed by atoms with van der Waals surface area (Å²) in [6.07, 6.45) is 3.28. The summed E-state index contributed by atoms with van der Waals surface area (Å²) in [5.41, 5.74) is 5.99. The molecular formula is C6H7N5O. The number of hydrogen-bond acceptors (Lipinski definition) is 4. The zero-order valence-electron chi connectivity index (χ0n) is 6.19. The third-order valence-electron chi connectivity index (χ3n) is 1.53. The molecule has 6 nitrogen and oxygen atoms in total. The summed E-state index contributed by atoms with van der Waals surface area (Å²) in [6, 6.07) is 0. The molecule has 0 saturated carbocycles. The summed E-state index contributed by atoms with van der Waals surface area (Å²) >= 11 is 0. The van der Waals surface area contributed by atoms with Gasteiger partial charge in [0, 0.05) is 6.20 Å². The van der Waals surface area contributed by atoms with E-state index in [9.17, 15) is 4.79 Å². The van der Waals surface area contributed by atoms with Crippen LogP contribution in [0.3, 0.4) is 0 Å². The molecule has 1 aromatic heterocycles. The Balaban J connectivity index is 2.31. The normalized spacial score (nSPS) is 16.8. The number of nitrogens with one attached hydrogen (secondary N) is 1. The van der Waals surface area contributed by atoms with Crippen LogP contribution in [0.25, 0.3) is 0 Å². The van der Waals surface area contributed by atoms with E-state index >= 15 is 0 Å². The fraction of sp³-hybridized carbons (Fsp3) is 0.167. The minimum Gasteiger partial charge on any atom is -0.385 e. The van der Waals surface area contributed by atoms with Crippen LogP contribution in [-0.2, 0) is 4.79 Å². The van der Waals surface area contributed by atoms with Gasteiger partial charge in [0.15, 0.2) is 0 Å². The number of anilines is 1. The molecular weight excluding hydrogens is 158 g/mol. The van der Waals surface area contributed by atoms with Crippen molar-refractivity contribution < 1.29 is 4.79 Å². The molecule has 0 spiro atoms. The van der Waals surface area contributed by atoms with Crippen molar-refractivity contribution in [1.82, 2.24) is 10.2 Å². The minimum absolute atomic E-state index is 0.131. The highest BCUT2D eigenvalue weighted by Gasteiger charge is 2.23. The van der Waals surface area contributed by atoms with E-state index in [1.54, 1.807) is 6.20 Å². The summed E-state index contributed by atoms with van der Waals surface area (Å²) in [6.45, 7) is 0. The van der Waals surface area contributed by atoms with Crippen LogP contribution >= 0.6 is 0 Å². The van der Waals surface area contributed by atoms with Crippen LogP contribution in [-0.4, -0.2) is 21.9 Å². The fourth-order valence-corrected chi connectivity index (χ4v) is 1.01. The molecule has 1 amide bonds. The van der Waals surface area contributed by atoms with Crippen molar-refractivity contribution in [3.05, 3.63) is 12.4 Å². The van der Waals surface area contributed by atoms with Gasteiger partial charge in [-0.05, 0) is 0 Å². The van der Waals surface area contributed by atoms with Crippen LogP contribution in [0.2, 0.25) is 0 Å². The predicted molar refractivity (Wildman–Crippen MR) is 42.3 cm³/mol. The van der Waals surface area contributed by atoms with E-state index in [0.29, 0.717) is 11.5 Å². The third kappa shape index (κ3) is 0.931. The third-order valence-corrected chi connectivity index (χ3v) is 1.53. The molecule has 3 N–H and O–H groups in total. The van der Waals surface area contributed by atoms with Gasteiger partial charge >= 0.3 is 0 Å². The van der Waals surface area contributed by atoms with Crippen molar-refractivity contribution in [3.8, 4) is 0 Å². The number of hydrazone groups is 1. The molecule has 0 atom stereocenters. The number of amidine groups is 1. The van der Waals surface area contributed by atoms with Gasteiger partial charge in [0.2, 0.25) is 0 Å². The van der Waals surface area contributed by atoms with Crippen molar-refractivity contribution in [2.24, 2.45) is 10.8 Å². The summed E-state index contributed by atoms with van der Waals surface area (Å²) in [5.74, 6) is 0.204. The lowest BCUT2D eigenvalue weighted by atomic mass is 10.4. The summed E-state index contributed by atoms with van der Waals surface area (Å²) in [4.78, 5) is 11.2. The summed E-state index contributed by atoms with van der Waals surface area (Å²) in [5, 5.41) is 11.4. The van der Waals surface area contributed by atoms with Crippen LogP contribution in [0.4, 0.5) is 5.69 Å². The lowest BCUT2D eigenvalue weighted by Gasteiger charge is -2.06. The van der Waals surface area contributed by atoms with E-state index in [1.165, 1.54) is 11.2 Å². The number of rotatable bonds is 1. The zero-order valence-corrected chi connectivity index (χ0v) is 6.19. The van der Waals surface area contributed by atoms with Gasteiger partial charge in [0.05, 0.1) is 12.6 Å². The SMILES string of the molecule is NC1=NN(c2cn[nH]c2)C(=O)C1. The first-order chi connectivity index (χ1) is 5.77. The molecule has 1 aliphatic rings. The Hall–Kier alpha value is -1.85. The largest absolute Gasteiger partial charge is 0.385 e. The average Bonchev–Trinajstić information content (AvgIpc) is 2.58. The molecule has 2 rings (SSSR count). The Morgan fingerprint density at radius 1 is 1.67 bits per heavy atom. The van der Waals surface area contributed by atoms with E-state index in [2.05, 4.69) is 15.3 Å². The molecule has 62 valence electrons. The lowest BCUT2D eigenvalue weighted by molar-refractivity contribution is -0.116. The Morgan fingerprint density at radius 3 is 3.00 bits per heavy atom. The lowest BCUT2D eigenvalue weighted by Crippen LogP contribution is -2.18. The van der Waals surface area contributed by atoms with Crippen LogP contribution in [0.5, 0.6) is 0 Å². The van der Waals surface area contributed by atoms with Gasteiger partial charge in [-0.25, -0.2) is 0 Å². The minimum atomic E-state index is -0.131. The Labute approximate surface area is 68.0 Å². The van der Waals surface area contributed by atoms with E-state index in [0.717, 1.165) is 0 Å². The van der Waals surface area contributed by atoms with Crippen LogP contribution in [0.15, 0.2) is 17.5 Å². The Bertz CT molecular complexity index is 328. The standard InChI is InChI=1S/C6H7N5O/c7-5-1-6(12)11(10-5)4-2-8-9-3-4/h2-3H,1H2,(H2,7,10)(H,8,9). The molecule has 0 radical (unpaired) electrons. The van der Waals surface area contributed by atoms with Crippen LogP contribution in [0.1, 0.15) is 6.42 Å². The highest BCUT2D eigenvalue weighted by molar-refractivity contribution is 6.11. The van der Waals surface area contributed by atoms with Gasteiger partial charge in [-0.2, -0.15) is 15.2 Å². The average molecular weight is 165 g/mol. The van der Waals surface area contributed by atoms with Gasteiger partial charge in [-0.3, -0.25) is 9.89 Å². The second-order valence-corrected chi connectivity index (χ2v) is 2.43. The molecule has 6 heteroatoms. The number of carbonyl (C=O) groups is 1. The summed E-state index contributed by atoms with van der Waals surface area (Å²) < 4.78 is 0.